The van der Waals surface area contributed by atoms with Crippen LogP contribution in [0.1, 0.15) is 28.9 Å². The highest BCUT2D eigenvalue weighted by atomic mass is 32.1. The van der Waals surface area contributed by atoms with Gasteiger partial charge in [-0.15, -0.1) is 22.7 Å². The first-order valence-electron chi connectivity index (χ1n) is 10.9. The predicted molar refractivity (Wildman–Crippen MR) is 130 cm³/mol. The molecule has 7 nitrogen and oxygen atoms in total. The highest BCUT2D eigenvalue weighted by molar-refractivity contribution is 7.20. The highest BCUT2D eigenvalue weighted by Gasteiger charge is 2.28. The van der Waals surface area contributed by atoms with Crippen LogP contribution < -0.4 is 14.8 Å². The highest BCUT2D eigenvalue weighted by Crippen LogP contribution is 2.29. The van der Waals surface area contributed by atoms with Gasteiger partial charge in [0.15, 0.2) is 11.5 Å². The number of nitrogens with one attached hydrogen (secondary N) is 1. The van der Waals surface area contributed by atoms with E-state index < -0.39 is 0 Å². The van der Waals surface area contributed by atoms with Crippen molar-refractivity contribution in [2.45, 2.75) is 19.3 Å². The zero-order valence-electron chi connectivity index (χ0n) is 18.7. The largest absolute Gasteiger partial charge is 0.493 e. The molecule has 2 amide bonds. The van der Waals surface area contributed by atoms with Crippen molar-refractivity contribution in [1.82, 2.24) is 15.2 Å². The van der Waals surface area contributed by atoms with Gasteiger partial charge in [-0.25, -0.2) is 4.98 Å². The summed E-state index contributed by atoms with van der Waals surface area (Å²) < 4.78 is 10.5. The molecule has 1 fully saturated rings. The fraction of sp³-hybridized carbons (Fsp3) is 0.375. The van der Waals surface area contributed by atoms with E-state index in [9.17, 15) is 9.59 Å². The Balaban J connectivity index is 1.23. The Morgan fingerprint density at radius 2 is 1.91 bits per heavy atom. The Labute approximate surface area is 201 Å². The van der Waals surface area contributed by atoms with Crippen LogP contribution in [0.5, 0.6) is 11.5 Å². The van der Waals surface area contributed by atoms with E-state index in [1.807, 2.05) is 11.4 Å². The second kappa shape index (κ2) is 10.8. The molecule has 4 rings (SSSR count). The van der Waals surface area contributed by atoms with Gasteiger partial charge in [0.2, 0.25) is 5.91 Å². The molecule has 0 aliphatic carbocycles. The summed E-state index contributed by atoms with van der Waals surface area (Å²) in [7, 11) is 3.11. The van der Waals surface area contributed by atoms with E-state index in [0.717, 1.165) is 10.7 Å². The summed E-state index contributed by atoms with van der Waals surface area (Å²) in [4.78, 5) is 33.1. The Bertz CT molecular complexity index is 1090. The molecule has 0 spiro atoms. The third kappa shape index (κ3) is 5.54. The van der Waals surface area contributed by atoms with Crippen molar-refractivity contribution in [1.29, 1.82) is 0 Å². The first kappa shape index (κ1) is 23.3. The van der Waals surface area contributed by atoms with Crippen LogP contribution in [0.3, 0.4) is 0 Å². The van der Waals surface area contributed by atoms with Crippen LogP contribution in [0, 0.1) is 5.92 Å². The summed E-state index contributed by atoms with van der Waals surface area (Å²) in [5, 5.41) is 8.17. The van der Waals surface area contributed by atoms with Crippen LogP contribution in [-0.2, 0) is 11.2 Å². The summed E-state index contributed by atoms with van der Waals surface area (Å²) in [5.41, 5.74) is 1.56. The quantitative estimate of drug-likeness (QED) is 0.520. The van der Waals surface area contributed by atoms with Gasteiger partial charge >= 0.3 is 0 Å². The maximum atomic E-state index is 12.9. The molecule has 1 aliphatic heterocycles. The lowest BCUT2D eigenvalue weighted by atomic mass is 9.95. The van der Waals surface area contributed by atoms with E-state index in [1.54, 1.807) is 60.0 Å². The van der Waals surface area contributed by atoms with Crippen LogP contribution >= 0.6 is 22.7 Å². The zero-order chi connectivity index (χ0) is 23.2. The Morgan fingerprint density at radius 3 is 2.61 bits per heavy atom. The molecule has 3 aromatic rings. The molecule has 0 unspecified atom stereocenters. The SMILES string of the molecule is COc1ccc(C(=O)N2CCC(C(=O)NCCc3csc(-c4cccs4)n3)CC2)cc1OC. The van der Waals surface area contributed by atoms with Gasteiger partial charge in [-0.2, -0.15) is 0 Å². The maximum Gasteiger partial charge on any atom is 0.253 e. The van der Waals surface area contributed by atoms with Crippen molar-refractivity contribution in [3.05, 3.63) is 52.3 Å². The number of aromatic nitrogens is 1. The fourth-order valence-corrected chi connectivity index (χ4v) is 5.56. The molecule has 1 aromatic carbocycles. The van der Waals surface area contributed by atoms with Gasteiger partial charge in [0, 0.05) is 42.9 Å². The fourth-order valence-electron chi connectivity index (χ4n) is 3.89. The van der Waals surface area contributed by atoms with Gasteiger partial charge < -0.3 is 19.7 Å². The van der Waals surface area contributed by atoms with E-state index >= 15 is 0 Å². The molecule has 0 saturated carbocycles. The molecule has 33 heavy (non-hydrogen) atoms. The minimum atomic E-state index is -0.0726. The smallest absolute Gasteiger partial charge is 0.253 e. The number of amides is 2. The number of hydrogen-bond acceptors (Lipinski definition) is 7. The van der Waals surface area contributed by atoms with E-state index in [2.05, 4.69) is 21.7 Å². The van der Waals surface area contributed by atoms with Crippen molar-refractivity contribution in [2.75, 3.05) is 33.9 Å². The molecule has 9 heteroatoms. The standard InChI is InChI=1S/C24H27N3O4S2/c1-30-19-6-5-17(14-20(19)31-2)24(29)27-11-8-16(9-12-27)22(28)25-10-7-18-15-33-23(26-18)21-4-3-13-32-21/h3-6,13-16H,7-12H2,1-2H3,(H,25,28). The molecule has 2 aromatic heterocycles. The number of carbonyl (C=O) groups is 2. The van der Waals surface area contributed by atoms with Gasteiger partial charge in [-0.05, 0) is 42.5 Å². The van der Waals surface area contributed by atoms with Crippen LogP contribution in [0.2, 0.25) is 0 Å². The average molecular weight is 486 g/mol. The molecule has 1 aliphatic rings. The van der Waals surface area contributed by atoms with Crippen molar-refractivity contribution >= 4 is 34.5 Å². The zero-order valence-corrected chi connectivity index (χ0v) is 20.3. The van der Waals surface area contributed by atoms with Crippen LogP contribution in [0.15, 0.2) is 41.1 Å². The molecule has 3 heterocycles. The summed E-state index contributed by atoms with van der Waals surface area (Å²) in [6, 6.07) is 9.26. The second-order valence-electron chi connectivity index (χ2n) is 7.80. The van der Waals surface area contributed by atoms with Gasteiger partial charge in [-0.1, -0.05) is 6.07 Å². The first-order chi connectivity index (χ1) is 16.1. The summed E-state index contributed by atoms with van der Waals surface area (Å²) >= 11 is 3.31. The van der Waals surface area contributed by atoms with Gasteiger partial charge in [0.05, 0.1) is 24.8 Å². The number of methoxy groups -OCH3 is 2. The number of benzene rings is 1. The Hall–Kier alpha value is -2.91. The number of piperidine rings is 1. The number of nitrogens with zero attached hydrogens (tertiary/aromatic N) is 2. The molecule has 0 atom stereocenters. The first-order valence-corrected chi connectivity index (χ1v) is 12.6. The minimum Gasteiger partial charge on any atom is -0.493 e. The normalized spacial score (nSPS) is 14.2. The molecule has 0 radical (unpaired) electrons. The van der Waals surface area contributed by atoms with Gasteiger partial charge in [0.25, 0.3) is 5.91 Å². The molecule has 1 N–H and O–H groups in total. The van der Waals surface area contributed by atoms with E-state index in [4.69, 9.17) is 9.47 Å². The number of rotatable bonds is 8. The predicted octanol–water partition coefficient (Wildman–Crippen LogP) is 4.10. The van der Waals surface area contributed by atoms with Crippen LogP contribution in [0.25, 0.3) is 9.88 Å². The van der Waals surface area contributed by atoms with Crippen molar-refractivity contribution in [2.24, 2.45) is 5.92 Å². The van der Waals surface area contributed by atoms with E-state index in [0.29, 0.717) is 56.0 Å². The Morgan fingerprint density at radius 1 is 1.12 bits per heavy atom. The molecule has 174 valence electrons. The number of ether oxygens (including phenoxy) is 2. The van der Waals surface area contributed by atoms with Crippen molar-refractivity contribution in [3.63, 3.8) is 0 Å². The van der Waals surface area contributed by atoms with Crippen LogP contribution in [0.4, 0.5) is 0 Å². The molecule has 1 saturated heterocycles. The van der Waals surface area contributed by atoms with E-state index in [1.165, 1.54) is 4.88 Å². The maximum absolute atomic E-state index is 12.9. The number of carbonyl (C=O) groups excluding carboxylic acids is 2. The number of thiophene rings is 1. The second-order valence-corrected chi connectivity index (χ2v) is 9.60. The van der Waals surface area contributed by atoms with Crippen LogP contribution in [-0.4, -0.2) is 55.6 Å². The molecular formula is C24H27N3O4S2. The Kier molecular flexibility index (Phi) is 7.61. The van der Waals surface area contributed by atoms with Crippen molar-refractivity contribution in [3.8, 4) is 21.4 Å². The third-order valence-corrected chi connectivity index (χ3v) is 7.68. The van der Waals surface area contributed by atoms with Gasteiger partial charge in [0.1, 0.15) is 5.01 Å². The lowest BCUT2D eigenvalue weighted by Gasteiger charge is -2.31. The monoisotopic (exact) mass is 485 g/mol. The lowest BCUT2D eigenvalue weighted by molar-refractivity contribution is -0.126. The number of hydrogen-bond donors (Lipinski definition) is 1. The van der Waals surface area contributed by atoms with Crippen molar-refractivity contribution < 1.29 is 19.1 Å². The summed E-state index contributed by atoms with van der Waals surface area (Å²) in [5.74, 6) is 1.04. The lowest BCUT2D eigenvalue weighted by Crippen LogP contribution is -2.43. The topological polar surface area (TPSA) is 80.8 Å². The van der Waals surface area contributed by atoms with Gasteiger partial charge in [-0.3, -0.25) is 9.59 Å². The molecular weight excluding hydrogens is 458 g/mol. The van der Waals surface area contributed by atoms with E-state index in [-0.39, 0.29) is 17.7 Å². The third-order valence-electron chi connectivity index (χ3n) is 5.75. The summed E-state index contributed by atoms with van der Waals surface area (Å²) in [6.45, 7) is 1.68. The average Bonchev–Trinajstić information content (AvgIpc) is 3.55. The molecule has 0 bridgehead atoms. The number of thiazole rings is 1. The number of likely N-dealkylation sites (tertiary alicyclic amines) is 1. The minimum absolute atomic E-state index is 0.0557. The summed E-state index contributed by atoms with van der Waals surface area (Å²) in [6.07, 6.45) is 2.03.